The zero-order chi connectivity index (χ0) is 16.9. The molecule has 124 valence electrons. The van der Waals surface area contributed by atoms with Crippen molar-refractivity contribution in [2.45, 2.75) is 26.9 Å². The normalized spacial score (nSPS) is 10.6. The van der Waals surface area contributed by atoms with Gasteiger partial charge in [0.2, 0.25) is 0 Å². The van der Waals surface area contributed by atoms with Crippen molar-refractivity contribution in [2.24, 2.45) is 0 Å². The van der Waals surface area contributed by atoms with Gasteiger partial charge >= 0.3 is 0 Å². The topological polar surface area (TPSA) is 59.7 Å². The predicted molar refractivity (Wildman–Crippen MR) is 100 cm³/mol. The van der Waals surface area contributed by atoms with Crippen LogP contribution < -0.4 is 10.6 Å². The summed E-state index contributed by atoms with van der Waals surface area (Å²) in [5.74, 6) is 0. The van der Waals surface area contributed by atoms with E-state index in [1.807, 2.05) is 52.2 Å². The summed E-state index contributed by atoms with van der Waals surface area (Å²) in [5.41, 5.74) is 4.14. The van der Waals surface area contributed by atoms with Gasteiger partial charge < -0.3 is 10.6 Å². The van der Waals surface area contributed by atoms with Gasteiger partial charge in [0.25, 0.3) is 0 Å². The molecule has 1 aromatic carbocycles. The standard InChI is InChI=1S/C17H20N6S/c1-3-22-10-14(8-18-22)11-23-12-16(9-19-23)21-17(24)20-15-6-4-13(2)5-7-15/h4-10,12H,3,11H2,1-2H3,(H2,20,21,24). The Bertz CT molecular complexity index is 818. The van der Waals surface area contributed by atoms with Crippen LogP contribution in [0.25, 0.3) is 0 Å². The maximum absolute atomic E-state index is 5.34. The Kier molecular flexibility index (Phi) is 4.90. The summed E-state index contributed by atoms with van der Waals surface area (Å²) in [6.07, 6.45) is 7.57. The summed E-state index contributed by atoms with van der Waals surface area (Å²) in [6, 6.07) is 8.08. The molecule has 0 unspecified atom stereocenters. The van der Waals surface area contributed by atoms with E-state index >= 15 is 0 Å². The van der Waals surface area contributed by atoms with Crippen LogP contribution in [-0.2, 0) is 13.1 Å². The molecule has 0 radical (unpaired) electrons. The number of aromatic nitrogens is 4. The van der Waals surface area contributed by atoms with E-state index in [9.17, 15) is 0 Å². The Morgan fingerprint density at radius 1 is 1.00 bits per heavy atom. The summed E-state index contributed by atoms with van der Waals surface area (Å²) in [7, 11) is 0. The summed E-state index contributed by atoms with van der Waals surface area (Å²) < 4.78 is 3.76. The number of thiocarbonyl (C=S) groups is 1. The monoisotopic (exact) mass is 340 g/mol. The van der Waals surface area contributed by atoms with Gasteiger partial charge in [0.05, 0.1) is 24.6 Å². The second kappa shape index (κ2) is 7.27. The SMILES string of the molecule is CCn1cc(Cn2cc(NC(=S)Nc3ccc(C)cc3)cn2)cn1. The molecule has 0 aliphatic heterocycles. The third kappa shape index (κ3) is 4.20. The molecule has 2 heterocycles. The van der Waals surface area contributed by atoms with Crippen molar-refractivity contribution in [1.82, 2.24) is 19.6 Å². The molecule has 2 N–H and O–H groups in total. The number of hydrogen-bond acceptors (Lipinski definition) is 3. The number of hydrogen-bond donors (Lipinski definition) is 2. The van der Waals surface area contributed by atoms with Crippen molar-refractivity contribution in [3.05, 3.63) is 60.2 Å². The lowest BCUT2D eigenvalue weighted by Gasteiger charge is -2.09. The van der Waals surface area contributed by atoms with E-state index in [2.05, 4.69) is 34.7 Å². The van der Waals surface area contributed by atoms with Crippen molar-refractivity contribution >= 4 is 28.7 Å². The first-order valence-electron chi connectivity index (χ1n) is 7.81. The molecule has 0 saturated heterocycles. The quantitative estimate of drug-likeness (QED) is 0.698. The van der Waals surface area contributed by atoms with Gasteiger partial charge in [-0.15, -0.1) is 0 Å². The lowest BCUT2D eigenvalue weighted by Crippen LogP contribution is -2.18. The molecule has 0 atom stereocenters. The summed E-state index contributed by atoms with van der Waals surface area (Å²) >= 11 is 5.34. The number of anilines is 2. The molecule has 0 saturated carbocycles. The fourth-order valence-corrected chi connectivity index (χ4v) is 2.53. The molecule has 2 aromatic heterocycles. The van der Waals surface area contributed by atoms with Crippen molar-refractivity contribution in [2.75, 3.05) is 10.6 Å². The van der Waals surface area contributed by atoms with E-state index in [4.69, 9.17) is 12.2 Å². The van der Waals surface area contributed by atoms with Crippen molar-refractivity contribution in [3.8, 4) is 0 Å². The van der Waals surface area contributed by atoms with Crippen LogP contribution in [0.15, 0.2) is 49.1 Å². The number of nitrogens with one attached hydrogen (secondary N) is 2. The molecule has 7 heteroatoms. The fourth-order valence-electron chi connectivity index (χ4n) is 2.29. The minimum atomic E-state index is 0.539. The van der Waals surface area contributed by atoms with Gasteiger partial charge in [-0.25, -0.2) is 0 Å². The van der Waals surface area contributed by atoms with Crippen molar-refractivity contribution in [3.63, 3.8) is 0 Å². The van der Waals surface area contributed by atoms with E-state index in [0.29, 0.717) is 11.7 Å². The summed E-state index contributed by atoms with van der Waals surface area (Å²) in [5, 5.41) is 15.5. The molecule has 3 rings (SSSR count). The Morgan fingerprint density at radius 2 is 1.71 bits per heavy atom. The molecule has 0 spiro atoms. The van der Waals surface area contributed by atoms with E-state index < -0.39 is 0 Å². The Hall–Kier alpha value is -2.67. The smallest absolute Gasteiger partial charge is 0.175 e. The van der Waals surface area contributed by atoms with Gasteiger partial charge in [-0.3, -0.25) is 9.36 Å². The van der Waals surface area contributed by atoms with Crippen LogP contribution in [0, 0.1) is 6.92 Å². The molecule has 0 amide bonds. The first-order valence-corrected chi connectivity index (χ1v) is 8.21. The molecule has 0 aliphatic carbocycles. The fraction of sp³-hybridized carbons (Fsp3) is 0.235. The van der Waals surface area contributed by atoms with Crippen LogP contribution in [0.3, 0.4) is 0 Å². The zero-order valence-electron chi connectivity index (χ0n) is 13.7. The van der Waals surface area contributed by atoms with Gasteiger partial charge in [-0.1, -0.05) is 17.7 Å². The molecular weight excluding hydrogens is 320 g/mol. The maximum atomic E-state index is 5.34. The van der Waals surface area contributed by atoms with E-state index in [1.54, 1.807) is 6.20 Å². The van der Waals surface area contributed by atoms with Crippen molar-refractivity contribution < 1.29 is 0 Å². The minimum Gasteiger partial charge on any atom is -0.332 e. The van der Waals surface area contributed by atoms with Crippen LogP contribution in [0.5, 0.6) is 0 Å². The largest absolute Gasteiger partial charge is 0.332 e. The number of aryl methyl sites for hydroxylation is 2. The average Bonchev–Trinajstić information content (AvgIpc) is 3.19. The van der Waals surface area contributed by atoms with Crippen molar-refractivity contribution in [1.29, 1.82) is 0 Å². The lowest BCUT2D eigenvalue weighted by molar-refractivity contribution is 0.654. The van der Waals surface area contributed by atoms with Crippen LogP contribution in [0.4, 0.5) is 11.4 Å². The third-order valence-corrected chi connectivity index (χ3v) is 3.76. The van der Waals surface area contributed by atoms with E-state index in [0.717, 1.165) is 23.5 Å². The second-order valence-electron chi connectivity index (χ2n) is 5.58. The molecule has 0 fully saturated rings. The maximum Gasteiger partial charge on any atom is 0.175 e. The third-order valence-electron chi connectivity index (χ3n) is 3.56. The highest BCUT2D eigenvalue weighted by atomic mass is 32.1. The molecule has 6 nitrogen and oxygen atoms in total. The van der Waals surface area contributed by atoms with Gasteiger partial charge in [0.1, 0.15) is 0 Å². The molecule has 24 heavy (non-hydrogen) atoms. The predicted octanol–water partition coefficient (Wildman–Crippen LogP) is 3.27. The van der Waals surface area contributed by atoms with Gasteiger partial charge in [0.15, 0.2) is 5.11 Å². The number of benzene rings is 1. The van der Waals surface area contributed by atoms with E-state index in [1.165, 1.54) is 5.56 Å². The Balaban J connectivity index is 1.57. The van der Waals surface area contributed by atoms with Gasteiger partial charge in [-0.05, 0) is 38.2 Å². The van der Waals surface area contributed by atoms with Crippen LogP contribution in [-0.4, -0.2) is 24.7 Å². The van der Waals surface area contributed by atoms with Gasteiger partial charge in [-0.2, -0.15) is 10.2 Å². The lowest BCUT2D eigenvalue weighted by atomic mass is 10.2. The highest BCUT2D eigenvalue weighted by Gasteiger charge is 2.04. The number of nitrogens with zero attached hydrogens (tertiary/aromatic N) is 4. The van der Waals surface area contributed by atoms with Gasteiger partial charge in [0, 0.05) is 30.2 Å². The summed E-state index contributed by atoms with van der Waals surface area (Å²) in [6.45, 7) is 5.67. The second-order valence-corrected chi connectivity index (χ2v) is 5.98. The molecular formula is C17H20N6S. The first-order chi connectivity index (χ1) is 11.6. The highest BCUT2D eigenvalue weighted by molar-refractivity contribution is 7.80. The minimum absolute atomic E-state index is 0.539. The van der Waals surface area contributed by atoms with Crippen LogP contribution in [0.2, 0.25) is 0 Å². The number of rotatable bonds is 5. The van der Waals surface area contributed by atoms with Crippen LogP contribution >= 0.6 is 12.2 Å². The Morgan fingerprint density at radius 3 is 2.42 bits per heavy atom. The molecule has 0 bridgehead atoms. The average molecular weight is 340 g/mol. The Labute approximate surface area is 146 Å². The van der Waals surface area contributed by atoms with Crippen LogP contribution in [0.1, 0.15) is 18.1 Å². The molecule has 3 aromatic rings. The molecule has 0 aliphatic rings. The first kappa shape index (κ1) is 16.2. The van der Waals surface area contributed by atoms with E-state index in [-0.39, 0.29) is 0 Å². The zero-order valence-corrected chi connectivity index (χ0v) is 14.5. The summed E-state index contributed by atoms with van der Waals surface area (Å²) in [4.78, 5) is 0. The highest BCUT2D eigenvalue weighted by Crippen LogP contribution is 2.11.